The largest absolute Gasteiger partial charge is 0.476 e. The monoisotopic (exact) mass is 250 g/mol. The number of thioether (sulfide) groups is 1. The molecule has 0 aliphatic carbocycles. The van der Waals surface area contributed by atoms with Crippen LogP contribution in [0.1, 0.15) is 36.8 Å². The van der Waals surface area contributed by atoms with E-state index in [4.69, 9.17) is 10.4 Å². The SMILES string of the molecule is CCSc1cc(C(C)(C)C#N)cnc1C(=O)O. The molecule has 90 valence electrons. The average molecular weight is 250 g/mol. The Morgan fingerprint density at radius 2 is 2.29 bits per heavy atom. The fraction of sp³-hybridized carbons (Fsp3) is 0.417. The number of carboxylic acid groups (broad SMARTS) is 1. The van der Waals surface area contributed by atoms with Crippen LogP contribution in [0.2, 0.25) is 0 Å². The van der Waals surface area contributed by atoms with E-state index < -0.39 is 11.4 Å². The molecule has 0 bridgehead atoms. The molecule has 0 spiro atoms. The fourth-order valence-electron chi connectivity index (χ4n) is 1.28. The van der Waals surface area contributed by atoms with Gasteiger partial charge in [0, 0.05) is 11.1 Å². The molecule has 0 fully saturated rings. The van der Waals surface area contributed by atoms with E-state index in [1.165, 1.54) is 18.0 Å². The van der Waals surface area contributed by atoms with Gasteiger partial charge in [-0.05, 0) is 31.2 Å². The maximum atomic E-state index is 11.0. The van der Waals surface area contributed by atoms with Crippen LogP contribution in [0.5, 0.6) is 0 Å². The van der Waals surface area contributed by atoms with Crippen molar-refractivity contribution in [3.8, 4) is 6.07 Å². The third-order valence-corrected chi connectivity index (χ3v) is 3.27. The van der Waals surface area contributed by atoms with E-state index >= 15 is 0 Å². The van der Waals surface area contributed by atoms with Gasteiger partial charge in [-0.15, -0.1) is 11.8 Å². The molecule has 0 unspecified atom stereocenters. The summed E-state index contributed by atoms with van der Waals surface area (Å²) in [6.07, 6.45) is 1.46. The lowest BCUT2D eigenvalue weighted by Gasteiger charge is -2.16. The van der Waals surface area contributed by atoms with Gasteiger partial charge in [0.25, 0.3) is 0 Å². The predicted octanol–water partition coefficient (Wildman–Crippen LogP) is 2.69. The molecule has 1 aromatic rings. The number of rotatable bonds is 4. The van der Waals surface area contributed by atoms with Gasteiger partial charge >= 0.3 is 5.97 Å². The number of aromatic carboxylic acids is 1. The predicted molar refractivity (Wildman–Crippen MR) is 66.2 cm³/mol. The van der Waals surface area contributed by atoms with Crippen LogP contribution in [0.4, 0.5) is 0 Å². The first-order valence-electron chi connectivity index (χ1n) is 5.20. The van der Waals surface area contributed by atoms with Crippen molar-refractivity contribution >= 4 is 17.7 Å². The summed E-state index contributed by atoms with van der Waals surface area (Å²) in [7, 11) is 0. The van der Waals surface area contributed by atoms with Gasteiger partial charge in [0.05, 0.1) is 11.5 Å². The quantitative estimate of drug-likeness (QED) is 0.831. The number of carbonyl (C=O) groups is 1. The van der Waals surface area contributed by atoms with E-state index in [1.807, 2.05) is 6.92 Å². The summed E-state index contributed by atoms with van der Waals surface area (Å²) in [5.41, 5.74) is 0.128. The molecule has 0 amide bonds. The van der Waals surface area contributed by atoms with Gasteiger partial charge in [0.15, 0.2) is 5.69 Å². The highest BCUT2D eigenvalue weighted by Gasteiger charge is 2.23. The maximum absolute atomic E-state index is 11.0. The zero-order valence-corrected chi connectivity index (χ0v) is 10.8. The lowest BCUT2D eigenvalue weighted by Crippen LogP contribution is -2.15. The maximum Gasteiger partial charge on any atom is 0.355 e. The molecule has 0 atom stereocenters. The Labute approximate surface area is 105 Å². The fourth-order valence-corrected chi connectivity index (χ4v) is 2.08. The summed E-state index contributed by atoms with van der Waals surface area (Å²) in [6.45, 7) is 5.51. The molecular weight excluding hydrogens is 236 g/mol. The summed E-state index contributed by atoms with van der Waals surface area (Å²) < 4.78 is 0. The van der Waals surface area contributed by atoms with Crippen LogP contribution in [0, 0.1) is 11.3 Å². The average Bonchev–Trinajstić information content (AvgIpc) is 2.29. The van der Waals surface area contributed by atoms with Crippen molar-refractivity contribution in [1.82, 2.24) is 4.98 Å². The van der Waals surface area contributed by atoms with Crippen LogP contribution in [0.25, 0.3) is 0 Å². The Hall–Kier alpha value is -1.54. The van der Waals surface area contributed by atoms with Gasteiger partial charge in [-0.1, -0.05) is 6.92 Å². The third kappa shape index (κ3) is 2.98. The van der Waals surface area contributed by atoms with Gasteiger partial charge < -0.3 is 5.11 Å². The normalized spacial score (nSPS) is 10.9. The topological polar surface area (TPSA) is 74.0 Å². The Balaban J connectivity index is 3.29. The molecule has 0 saturated carbocycles. The molecule has 1 aromatic heterocycles. The van der Waals surface area contributed by atoms with Gasteiger partial charge in [0.2, 0.25) is 0 Å². The van der Waals surface area contributed by atoms with Crippen molar-refractivity contribution in [3.05, 3.63) is 23.5 Å². The highest BCUT2D eigenvalue weighted by molar-refractivity contribution is 7.99. The minimum Gasteiger partial charge on any atom is -0.476 e. The molecule has 1 N–H and O–H groups in total. The summed E-state index contributed by atoms with van der Waals surface area (Å²) in [5, 5.41) is 18.0. The molecule has 0 aromatic carbocycles. The molecule has 4 nitrogen and oxygen atoms in total. The number of hydrogen-bond donors (Lipinski definition) is 1. The van der Waals surface area contributed by atoms with Gasteiger partial charge in [-0.3, -0.25) is 0 Å². The summed E-state index contributed by atoms with van der Waals surface area (Å²) in [4.78, 5) is 15.5. The van der Waals surface area contributed by atoms with Crippen molar-refractivity contribution in [3.63, 3.8) is 0 Å². The van der Waals surface area contributed by atoms with E-state index in [0.717, 1.165) is 11.3 Å². The minimum atomic E-state index is -1.04. The molecular formula is C12H14N2O2S. The highest BCUT2D eigenvalue weighted by atomic mass is 32.2. The number of carboxylic acids is 1. The third-order valence-electron chi connectivity index (χ3n) is 2.36. The standard InChI is InChI=1S/C12H14N2O2S/c1-4-17-9-5-8(12(2,3)7-13)6-14-10(9)11(15)16/h5-6H,4H2,1-3H3,(H,15,16). The molecule has 0 aliphatic heterocycles. The number of nitriles is 1. The van der Waals surface area contributed by atoms with Crippen LogP contribution in [0.3, 0.4) is 0 Å². The number of aromatic nitrogens is 1. The first-order valence-corrected chi connectivity index (χ1v) is 6.18. The lowest BCUT2D eigenvalue weighted by atomic mass is 9.87. The summed E-state index contributed by atoms with van der Waals surface area (Å²) in [5.74, 6) is -0.277. The molecule has 0 aliphatic rings. The number of hydrogen-bond acceptors (Lipinski definition) is 4. The Morgan fingerprint density at radius 1 is 1.65 bits per heavy atom. The van der Waals surface area contributed by atoms with Crippen molar-refractivity contribution in [2.24, 2.45) is 0 Å². The second-order valence-corrected chi connectivity index (χ2v) is 5.35. The van der Waals surface area contributed by atoms with Crippen LogP contribution in [0.15, 0.2) is 17.2 Å². The minimum absolute atomic E-state index is 0.0503. The van der Waals surface area contributed by atoms with E-state index in [-0.39, 0.29) is 5.69 Å². The number of nitrogens with zero attached hydrogens (tertiary/aromatic N) is 2. The Bertz CT molecular complexity index is 478. The Morgan fingerprint density at radius 3 is 2.76 bits per heavy atom. The first-order chi connectivity index (χ1) is 7.92. The molecule has 17 heavy (non-hydrogen) atoms. The van der Waals surface area contributed by atoms with Crippen LogP contribution < -0.4 is 0 Å². The first kappa shape index (κ1) is 13.5. The molecule has 1 rings (SSSR count). The van der Waals surface area contributed by atoms with E-state index in [9.17, 15) is 4.79 Å². The molecule has 1 heterocycles. The van der Waals surface area contributed by atoms with E-state index in [1.54, 1.807) is 19.9 Å². The van der Waals surface area contributed by atoms with Crippen LogP contribution in [-0.4, -0.2) is 21.8 Å². The summed E-state index contributed by atoms with van der Waals surface area (Å²) in [6, 6.07) is 3.92. The zero-order chi connectivity index (χ0) is 13.1. The van der Waals surface area contributed by atoms with Gasteiger partial charge in [0.1, 0.15) is 0 Å². The van der Waals surface area contributed by atoms with Crippen molar-refractivity contribution in [2.45, 2.75) is 31.1 Å². The Kier molecular flexibility index (Phi) is 4.13. The zero-order valence-electron chi connectivity index (χ0n) is 10.0. The van der Waals surface area contributed by atoms with E-state index in [2.05, 4.69) is 11.1 Å². The number of pyridine rings is 1. The lowest BCUT2D eigenvalue weighted by molar-refractivity contribution is 0.0686. The smallest absolute Gasteiger partial charge is 0.355 e. The molecule has 0 radical (unpaired) electrons. The second-order valence-electron chi connectivity index (χ2n) is 4.05. The van der Waals surface area contributed by atoms with Crippen LogP contribution in [-0.2, 0) is 5.41 Å². The molecule has 5 heteroatoms. The van der Waals surface area contributed by atoms with Gasteiger partial charge in [-0.2, -0.15) is 5.26 Å². The van der Waals surface area contributed by atoms with Crippen LogP contribution >= 0.6 is 11.8 Å². The summed E-state index contributed by atoms with van der Waals surface area (Å²) >= 11 is 1.42. The van der Waals surface area contributed by atoms with Gasteiger partial charge in [-0.25, -0.2) is 9.78 Å². The molecule has 0 saturated heterocycles. The van der Waals surface area contributed by atoms with Crippen molar-refractivity contribution < 1.29 is 9.90 Å². The second kappa shape index (κ2) is 5.19. The van der Waals surface area contributed by atoms with Crippen molar-refractivity contribution in [2.75, 3.05) is 5.75 Å². The van der Waals surface area contributed by atoms with E-state index in [0.29, 0.717) is 4.90 Å². The highest BCUT2D eigenvalue weighted by Crippen LogP contribution is 2.28. The van der Waals surface area contributed by atoms with Crippen molar-refractivity contribution in [1.29, 1.82) is 5.26 Å².